The van der Waals surface area contributed by atoms with Crippen LogP contribution in [0.2, 0.25) is 0 Å². The summed E-state index contributed by atoms with van der Waals surface area (Å²) in [5.74, 6) is 0. The lowest BCUT2D eigenvalue weighted by Crippen LogP contribution is -1.89. The van der Waals surface area contributed by atoms with E-state index in [0.29, 0.717) is 0 Å². The van der Waals surface area contributed by atoms with Crippen molar-refractivity contribution in [1.29, 1.82) is 0 Å². The van der Waals surface area contributed by atoms with Gasteiger partial charge < -0.3 is 0 Å². The molecule has 0 bridgehead atoms. The average molecular weight is 185 g/mol. The molecule has 0 spiro atoms. The number of hydrogen-bond acceptors (Lipinski definition) is 3. The molecule has 0 N–H and O–H groups in total. The molecule has 0 aliphatic carbocycles. The summed E-state index contributed by atoms with van der Waals surface area (Å²) in [7, 11) is 0. The molecule has 2 rings (SSSR count). The molecule has 0 aromatic carbocycles. The normalized spacial score (nSPS) is 10.1. The third-order valence-corrected chi connectivity index (χ3v) is 1.96. The standard InChI is InChI=1S/C11H11N3/c1-8-3-4-10(6-13-8)11-7-12-5-9(2)14-11/h3-7H,1-2H3. The molecule has 0 saturated heterocycles. The molecule has 0 unspecified atom stereocenters. The van der Waals surface area contributed by atoms with Gasteiger partial charge in [0.25, 0.3) is 0 Å². The Morgan fingerprint density at radius 3 is 2.43 bits per heavy atom. The quantitative estimate of drug-likeness (QED) is 0.683. The van der Waals surface area contributed by atoms with Crippen LogP contribution in [-0.2, 0) is 0 Å². The highest BCUT2D eigenvalue weighted by Crippen LogP contribution is 2.14. The maximum Gasteiger partial charge on any atom is 0.0903 e. The summed E-state index contributed by atoms with van der Waals surface area (Å²) in [5, 5.41) is 0. The van der Waals surface area contributed by atoms with Crippen molar-refractivity contribution in [3.63, 3.8) is 0 Å². The number of pyridine rings is 1. The van der Waals surface area contributed by atoms with Crippen molar-refractivity contribution >= 4 is 0 Å². The highest BCUT2D eigenvalue weighted by molar-refractivity contribution is 5.56. The number of rotatable bonds is 1. The van der Waals surface area contributed by atoms with Gasteiger partial charge in [-0.25, -0.2) is 4.98 Å². The van der Waals surface area contributed by atoms with Crippen molar-refractivity contribution in [2.75, 3.05) is 0 Å². The second-order valence-corrected chi connectivity index (χ2v) is 3.23. The molecule has 0 atom stereocenters. The van der Waals surface area contributed by atoms with E-state index in [1.165, 1.54) is 0 Å². The third kappa shape index (κ3) is 1.76. The van der Waals surface area contributed by atoms with Crippen molar-refractivity contribution in [3.8, 4) is 11.3 Å². The van der Waals surface area contributed by atoms with Gasteiger partial charge in [0.15, 0.2) is 0 Å². The highest BCUT2D eigenvalue weighted by atomic mass is 14.8. The molecule has 0 aliphatic heterocycles. The van der Waals surface area contributed by atoms with Crippen LogP contribution in [0.5, 0.6) is 0 Å². The number of aromatic nitrogens is 3. The Kier molecular flexibility index (Phi) is 2.23. The van der Waals surface area contributed by atoms with Gasteiger partial charge >= 0.3 is 0 Å². The molecular formula is C11H11N3. The Hall–Kier alpha value is -1.77. The van der Waals surface area contributed by atoms with Crippen LogP contribution in [0.3, 0.4) is 0 Å². The second-order valence-electron chi connectivity index (χ2n) is 3.23. The van der Waals surface area contributed by atoms with Crippen LogP contribution in [0.1, 0.15) is 11.4 Å². The lowest BCUT2D eigenvalue weighted by atomic mass is 10.2. The van der Waals surface area contributed by atoms with Gasteiger partial charge in [0, 0.05) is 23.7 Å². The molecule has 2 aromatic rings. The molecule has 14 heavy (non-hydrogen) atoms. The lowest BCUT2D eigenvalue weighted by Gasteiger charge is -2.00. The molecule has 70 valence electrons. The number of hydrogen-bond donors (Lipinski definition) is 0. The topological polar surface area (TPSA) is 38.7 Å². The first-order valence-corrected chi connectivity index (χ1v) is 4.47. The maximum absolute atomic E-state index is 4.37. The fraction of sp³-hybridized carbons (Fsp3) is 0.182. The first-order valence-electron chi connectivity index (χ1n) is 4.47. The second kappa shape index (κ2) is 3.54. The zero-order chi connectivity index (χ0) is 9.97. The summed E-state index contributed by atoms with van der Waals surface area (Å²) in [6.07, 6.45) is 5.31. The predicted octanol–water partition coefficient (Wildman–Crippen LogP) is 2.16. The molecule has 0 aliphatic rings. The van der Waals surface area contributed by atoms with Gasteiger partial charge in [0.1, 0.15) is 0 Å². The summed E-state index contributed by atoms with van der Waals surface area (Å²) < 4.78 is 0. The molecule has 2 aromatic heterocycles. The van der Waals surface area contributed by atoms with E-state index in [0.717, 1.165) is 22.6 Å². The number of aryl methyl sites for hydroxylation is 2. The van der Waals surface area contributed by atoms with Crippen molar-refractivity contribution < 1.29 is 0 Å². The fourth-order valence-corrected chi connectivity index (χ4v) is 1.22. The van der Waals surface area contributed by atoms with Gasteiger partial charge in [-0.3, -0.25) is 9.97 Å². The van der Waals surface area contributed by atoms with Crippen LogP contribution < -0.4 is 0 Å². The molecular weight excluding hydrogens is 174 g/mol. The van der Waals surface area contributed by atoms with E-state index in [9.17, 15) is 0 Å². The van der Waals surface area contributed by atoms with Gasteiger partial charge in [-0.2, -0.15) is 0 Å². The summed E-state index contributed by atoms with van der Waals surface area (Å²) in [6, 6.07) is 3.98. The van der Waals surface area contributed by atoms with E-state index in [1.54, 1.807) is 12.4 Å². The van der Waals surface area contributed by atoms with Gasteiger partial charge in [0.2, 0.25) is 0 Å². The van der Waals surface area contributed by atoms with Gasteiger partial charge in [-0.05, 0) is 26.0 Å². The molecule has 3 heteroatoms. The smallest absolute Gasteiger partial charge is 0.0903 e. The molecule has 2 heterocycles. The predicted molar refractivity (Wildman–Crippen MR) is 54.7 cm³/mol. The zero-order valence-electron chi connectivity index (χ0n) is 8.23. The Morgan fingerprint density at radius 1 is 0.929 bits per heavy atom. The van der Waals surface area contributed by atoms with E-state index in [1.807, 2.05) is 32.2 Å². The summed E-state index contributed by atoms with van der Waals surface area (Å²) in [4.78, 5) is 12.7. The monoisotopic (exact) mass is 185 g/mol. The molecule has 0 saturated carbocycles. The van der Waals surface area contributed by atoms with Crippen LogP contribution in [-0.4, -0.2) is 15.0 Å². The van der Waals surface area contributed by atoms with Gasteiger partial charge in [-0.15, -0.1) is 0 Å². The van der Waals surface area contributed by atoms with E-state index >= 15 is 0 Å². The molecule has 0 fully saturated rings. The maximum atomic E-state index is 4.37. The zero-order valence-corrected chi connectivity index (χ0v) is 8.23. The Labute approximate surface area is 82.9 Å². The molecule has 0 amide bonds. The van der Waals surface area contributed by atoms with Crippen molar-refractivity contribution in [2.24, 2.45) is 0 Å². The van der Waals surface area contributed by atoms with Crippen molar-refractivity contribution in [2.45, 2.75) is 13.8 Å². The van der Waals surface area contributed by atoms with E-state index < -0.39 is 0 Å². The van der Waals surface area contributed by atoms with E-state index in [4.69, 9.17) is 0 Å². The SMILES string of the molecule is Cc1ccc(-c2cncc(C)n2)cn1. The highest BCUT2D eigenvalue weighted by Gasteiger charge is 1.99. The van der Waals surface area contributed by atoms with Gasteiger partial charge in [-0.1, -0.05) is 0 Å². The van der Waals surface area contributed by atoms with E-state index in [-0.39, 0.29) is 0 Å². The first kappa shape index (κ1) is 8.81. The number of nitrogens with zero attached hydrogens (tertiary/aromatic N) is 3. The van der Waals surface area contributed by atoms with Crippen molar-refractivity contribution in [3.05, 3.63) is 42.1 Å². The van der Waals surface area contributed by atoms with Crippen molar-refractivity contribution in [1.82, 2.24) is 15.0 Å². The largest absolute Gasteiger partial charge is 0.261 e. The Balaban J connectivity index is 2.44. The molecule has 3 nitrogen and oxygen atoms in total. The minimum atomic E-state index is 0.873. The summed E-state index contributed by atoms with van der Waals surface area (Å²) in [5.41, 5.74) is 3.81. The van der Waals surface area contributed by atoms with Crippen LogP contribution in [0.25, 0.3) is 11.3 Å². The fourth-order valence-electron chi connectivity index (χ4n) is 1.22. The third-order valence-electron chi connectivity index (χ3n) is 1.96. The minimum absolute atomic E-state index is 0.873. The van der Waals surface area contributed by atoms with Crippen LogP contribution >= 0.6 is 0 Å². The Morgan fingerprint density at radius 2 is 1.79 bits per heavy atom. The first-order chi connectivity index (χ1) is 6.75. The lowest BCUT2D eigenvalue weighted by molar-refractivity contribution is 1.11. The Bertz CT molecular complexity index is 435. The summed E-state index contributed by atoms with van der Waals surface area (Å²) >= 11 is 0. The average Bonchev–Trinajstić information content (AvgIpc) is 2.19. The molecule has 0 radical (unpaired) electrons. The van der Waals surface area contributed by atoms with Crippen LogP contribution in [0.15, 0.2) is 30.7 Å². The van der Waals surface area contributed by atoms with E-state index in [2.05, 4.69) is 15.0 Å². The minimum Gasteiger partial charge on any atom is -0.261 e. The van der Waals surface area contributed by atoms with Gasteiger partial charge in [0.05, 0.1) is 17.6 Å². The summed E-state index contributed by atoms with van der Waals surface area (Å²) in [6.45, 7) is 3.89. The van der Waals surface area contributed by atoms with Crippen LogP contribution in [0, 0.1) is 13.8 Å². The van der Waals surface area contributed by atoms with Crippen LogP contribution in [0.4, 0.5) is 0 Å².